The van der Waals surface area contributed by atoms with Gasteiger partial charge in [0.1, 0.15) is 0 Å². The minimum absolute atomic E-state index is 0.241. The van der Waals surface area contributed by atoms with Crippen LogP contribution in [0.3, 0.4) is 0 Å². The van der Waals surface area contributed by atoms with Gasteiger partial charge >= 0.3 is 0 Å². The smallest absolute Gasteiger partial charge is 0.222 e. The fourth-order valence-corrected chi connectivity index (χ4v) is 1.34. The summed E-state index contributed by atoms with van der Waals surface area (Å²) in [4.78, 5) is 7.89. The van der Waals surface area contributed by atoms with E-state index in [2.05, 4.69) is 9.97 Å². The fourth-order valence-electron chi connectivity index (χ4n) is 1.19. The number of nitrogen functional groups attached to an aromatic ring is 1. The number of aromatic nitrogens is 2. The first-order valence-electron chi connectivity index (χ1n) is 4.10. The molecule has 1 aromatic carbocycles. The lowest BCUT2D eigenvalue weighted by atomic mass is 10.1. The van der Waals surface area contributed by atoms with E-state index in [1.54, 1.807) is 12.3 Å². The van der Waals surface area contributed by atoms with Crippen molar-refractivity contribution < 1.29 is 0 Å². The molecule has 0 aliphatic rings. The molecule has 70 valence electrons. The van der Waals surface area contributed by atoms with Gasteiger partial charge in [-0.2, -0.15) is 0 Å². The highest BCUT2D eigenvalue weighted by Crippen LogP contribution is 2.19. The highest BCUT2D eigenvalue weighted by atomic mass is 35.5. The Labute approximate surface area is 86.6 Å². The number of hydrogen-bond acceptors (Lipinski definition) is 3. The van der Waals surface area contributed by atoms with Crippen molar-refractivity contribution in [1.82, 2.24) is 9.97 Å². The molecule has 14 heavy (non-hydrogen) atoms. The summed E-state index contributed by atoms with van der Waals surface area (Å²) in [7, 11) is 0. The van der Waals surface area contributed by atoms with Crippen LogP contribution in [-0.2, 0) is 0 Å². The Morgan fingerprint density at radius 3 is 2.79 bits per heavy atom. The maximum Gasteiger partial charge on any atom is 0.222 e. The lowest BCUT2D eigenvalue weighted by molar-refractivity contribution is 1.17. The zero-order chi connectivity index (χ0) is 9.97. The third-order valence-corrected chi connectivity index (χ3v) is 1.99. The SMILES string of the molecule is Nc1cccc(-c2ccnc(Cl)n2)c1. The van der Waals surface area contributed by atoms with E-state index >= 15 is 0 Å². The first-order chi connectivity index (χ1) is 6.75. The quantitative estimate of drug-likeness (QED) is 0.575. The predicted octanol–water partition coefficient (Wildman–Crippen LogP) is 2.38. The zero-order valence-electron chi connectivity index (χ0n) is 7.31. The fraction of sp³-hybridized carbons (Fsp3) is 0. The summed E-state index contributed by atoms with van der Waals surface area (Å²) in [5.74, 6) is 0. The number of rotatable bonds is 1. The molecular formula is C10H8ClN3. The number of nitrogens with two attached hydrogens (primary N) is 1. The molecule has 0 spiro atoms. The molecule has 2 aromatic rings. The van der Waals surface area contributed by atoms with Crippen molar-refractivity contribution in [3.05, 3.63) is 41.8 Å². The van der Waals surface area contributed by atoms with Crippen LogP contribution in [0.4, 0.5) is 5.69 Å². The maximum absolute atomic E-state index is 5.68. The van der Waals surface area contributed by atoms with Gasteiger partial charge in [0.15, 0.2) is 0 Å². The molecule has 0 unspecified atom stereocenters. The summed E-state index contributed by atoms with van der Waals surface area (Å²) >= 11 is 5.68. The topological polar surface area (TPSA) is 51.8 Å². The van der Waals surface area contributed by atoms with Gasteiger partial charge in [0.2, 0.25) is 5.28 Å². The van der Waals surface area contributed by atoms with Gasteiger partial charge in [-0.25, -0.2) is 9.97 Å². The molecule has 0 aliphatic carbocycles. The molecule has 2 rings (SSSR count). The third-order valence-electron chi connectivity index (χ3n) is 1.81. The molecule has 0 amide bonds. The molecule has 0 saturated heterocycles. The molecular weight excluding hydrogens is 198 g/mol. The van der Waals surface area contributed by atoms with Gasteiger partial charge in [-0.15, -0.1) is 0 Å². The van der Waals surface area contributed by atoms with Crippen molar-refractivity contribution in [2.24, 2.45) is 0 Å². The Balaban J connectivity index is 2.49. The Bertz CT molecular complexity index is 413. The predicted molar refractivity (Wildman–Crippen MR) is 56.9 cm³/mol. The average molecular weight is 206 g/mol. The van der Waals surface area contributed by atoms with Gasteiger partial charge in [0.25, 0.3) is 0 Å². The van der Waals surface area contributed by atoms with Crippen molar-refractivity contribution in [2.45, 2.75) is 0 Å². The summed E-state index contributed by atoms with van der Waals surface area (Å²) < 4.78 is 0. The van der Waals surface area contributed by atoms with E-state index in [9.17, 15) is 0 Å². The lowest BCUT2D eigenvalue weighted by Gasteiger charge is -2.01. The number of nitrogens with zero attached hydrogens (tertiary/aromatic N) is 2. The monoisotopic (exact) mass is 205 g/mol. The summed E-state index contributed by atoms with van der Waals surface area (Å²) in [5.41, 5.74) is 8.08. The van der Waals surface area contributed by atoms with E-state index in [-0.39, 0.29) is 5.28 Å². The molecule has 0 radical (unpaired) electrons. The Morgan fingerprint density at radius 1 is 1.21 bits per heavy atom. The molecule has 0 saturated carbocycles. The van der Waals surface area contributed by atoms with Crippen molar-refractivity contribution >= 4 is 17.3 Å². The van der Waals surface area contributed by atoms with E-state index in [4.69, 9.17) is 17.3 Å². The van der Waals surface area contributed by atoms with Crippen LogP contribution in [0, 0.1) is 0 Å². The van der Waals surface area contributed by atoms with Crippen LogP contribution in [0.1, 0.15) is 0 Å². The largest absolute Gasteiger partial charge is 0.399 e. The number of hydrogen-bond donors (Lipinski definition) is 1. The van der Waals surface area contributed by atoms with Crippen molar-refractivity contribution in [3.8, 4) is 11.3 Å². The summed E-state index contributed by atoms with van der Waals surface area (Å²) in [5, 5.41) is 0.241. The summed E-state index contributed by atoms with van der Waals surface area (Å²) in [6.07, 6.45) is 1.62. The van der Waals surface area contributed by atoms with Crippen molar-refractivity contribution in [2.75, 3.05) is 5.73 Å². The molecule has 0 fully saturated rings. The van der Waals surface area contributed by atoms with E-state index < -0.39 is 0 Å². The van der Waals surface area contributed by atoms with Crippen LogP contribution in [0.5, 0.6) is 0 Å². The van der Waals surface area contributed by atoms with E-state index in [1.165, 1.54) is 0 Å². The Morgan fingerprint density at radius 2 is 2.07 bits per heavy atom. The lowest BCUT2D eigenvalue weighted by Crippen LogP contribution is -1.88. The maximum atomic E-state index is 5.68. The minimum Gasteiger partial charge on any atom is -0.399 e. The number of benzene rings is 1. The highest BCUT2D eigenvalue weighted by Gasteiger charge is 2.00. The second-order valence-corrected chi connectivity index (χ2v) is 3.17. The molecule has 0 bridgehead atoms. The van der Waals surface area contributed by atoms with Crippen LogP contribution in [0.15, 0.2) is 36.5 Å². The van der Waals surface area contributed by atoms with Crippen LogP contribution >= 0.6 is 11.6 Å². The van der Waals surface area contributed by atoms with Gasteiger partial charge in [0, 0.05) is 17.4 Å². The first-order valence-corrected chi connectivity index (χ1v) is 4.48. The molecule has 3 nitrogen and oxygen atoms in total. The molecule has 2 N–H and O–H groups in total. The zero-order valence-corrected chi connectivity index (χ0v) is 8.07. The molecule has 0 atom stereocenters. The highest BCUT2D eigenvalue weighted by molar-refractivity contribution is 6.28. The van der Waals surface area contributed by atoms with Gasteiger partial charge in [0.05, 0.1) is 5.69 Å². The van der Waals surface area contributed by atoms with E-state index in [0.717, 1.165) is 11.3 Å². The molecule has 4 heteroatoms. The van der Waals surface area contributed by atoms with Crippen molar-refractivity contribution in [1.29, 1.82) is 0 Å². The van der Waals surface area contributed by atoms with Gasteiger partial charge < -0.3 is 5.73 Å². The number of halogens is 1. The second-order valence-electron chi connectivity index (χ2n) is 2.84. The van der Waals surface area contributed by atoms with Crippen molar-refractivity contribution in [3.63, 3.8) is 0 Å². The van der Waals surface area contributed by atoms with Crippen LogP contribution < -0.4 is 5.73 Å². The summed E-state index contributed by atoms with van der Waals surface area (Å²) in [6, 6.07) is 9.27. The Hall–Kier alpha value is -1.61. The summed E-state index contributed by atoms with van der Waals surface area (Å²) in [6.45, 7) is 0. The number of anilines is 1. The third kappa shape index (κ3) is 1.83. The van der Waals surface area contributed by atoms with E-state index in [1.807, 2.05) is 24.3 Å². The molecule has 0 aliphatic heterocycles. The first kappa shape index (κ1) is 8.97. The Kier molecular flexibility index (Phi) is 2.33. The van der Waals surface area contributed by atoms with Gasteiger partial charge in [-0.05, 0) is 29.8 Å². The molecule has 1 aromatic heterocycles. The standard InChI is InChI=1S/C10H8ClN3/c11-10-13-5-4-9(14-10)7-2-1-3-8(12)6-7/h1-6H,12H2. The van der Waals surface area contributed by atoms with E-state index in [0.29, 0.717) is 5.69 Å². The second kappa shape index (κ2) is 3.64. The van der Waals surface area contributed by atoms with Gasteiger partial charge in [-0.3, -0.25) is 0 Å². The van der Waals surface area contributed by atoms with Gasteiger partial charge in [-0.1, -0.05) is 12.1 Å². The van der Waals surface area contributed by atoms with Crippen LogP contribution in [-0.4, -0.2) is 9.97 Å². The van der Waals surface area contributed by atoms with Crippen LogP contribution in [0.25, 0.3) is 11.3 Å². The molecule has 1 heterocycles. The average Bonchev–Trinajstić information content (AvgIpc) is 2.18. The van der Waals surface area contributed by atoms with Crippen LogP contribution in [0.2, 0.25) is 5.28 Å². The minimum atomic E-state index is 0.241. The normalized spacial score (nSPS) is 10.1.